The average molecular weight is 253 g/mol. The summed E-state index contributed by atoms with van der Waals surface area (Å²) in [4.78, 5) is 15.8. The molecular formula is C13H23N3O2. The number of alkyl carbamates (subject to hydrolysis) is 1. The fourth-order valence-corrected chi connectivity index (χ4v) is 1.67. The first-order chi connectivity index (χ1) is 8.31. The molecule has 1 aromatic heterocycles. The summed E-state index contributed by atoms with van der Waals surface area (Å²) in [6.07, 6.45) is 4.20. The van der Waals surface area contributed by atoms with Gasteiger partial charge in [-0.05, 0) is 27.7 Å². The Kier molecular flexibility index (Phi) is 4.76. The van der Waals surface area contributed by atoms with Gasteiger partial charge in [-0.2, -0.15) is 0 Å². The second kappa shape index (κ2) is 5.89. The maximum Gasteiger partial charge on any atom is 0.407 e. The summed E-state index contributed by atoms with van der Waals surface area (Å²) < 4.78 is 7.25. The smallest absolute Gasteiger partial charge is 0.407 e. The summed E-state index contributed by atoms with van der Waals surface area (Å²) in [6.45, 7) is 10.3. The Balaban J connectivity index is 2.47. The number of nitrogens with zero attached hydrogens (tertiary/aromatic N) is 2. The van der Waals surface area contributed by atoms with E-state index in [4.69, 9.17) is 4.74 Å². The maximum atomic E-state index is 11.6. The molecule has 0 saturated carbocycles. The Bertz CT molecular complexity index is 393. The van der Waals surface area contributed by atoms with E-state index in [9.17, 15) is 4.79 Å². The third-order valence-corrected chi connectivity index (χ3v) is 2.35. The zero-order valence-electron chi connectivity index (χ0n) is 11.9. The Hall–Kier alpha value is -1.52. The Labute approximate surface area is 109 Å². The predicted octanol–water partition coefficient (Wildman–Crippen LogP) is 2.36. The molecule has 0 spiro atoms. The molecule has 0 bridgehead atoms. The number of hydrogen-bond donors (Lipinski definition) is 1. The van der Waals surface area contributed by atoms with Crippen molar-refractivity contribution in [1.29, 1.82) is 0 Å². The zero-order valence-corrected chi connectivity index (χ0v) is 11.9. The van der Waals surface area contributed by atoms with Crippen molar-refractivity contribution in [2.75, 3.05) is 0 Å². The van der Waals surface area contributed by atoms with Gasteiger partial charge in [-0.1, -0.05) is 6.92 Å². The van der Waals surface area contributed by atoms with Gasteiger partial charge in [0.2, 0.25) is 0 Å². The zero-order chi connectivity index (χ0) is 13.8. The van der Waals surface area contributed by atoms with E-state index >= 15 is 0 Å². The molecule has 5 heteroatoms. The number of nitrogens with one attached hydrogen (secondary N) is 1. The van der Waals surface area contributed by atoms with Crippen LogP contribution in [-0.2, 0) is 17.7 Å². The topological polar surface area (TPSA) is 56.2 Å². The first kappa shape index (κ1) is 14.5. The van der Waals surface area contributed by atoms with E-state index in [-0.39, 0.29) is 12.1 Å². The lowest BCUT2D eigenvalue weighted by molar-refractivity contribution is 0.0504. The lowest BCUT2D eigenvalue weighted by atomic mass is 10.2. The van der Waals surface area contributed by atoms with Crippen molar-refractivity contribution in [2.24, 2.45) is 0 Å². The Morgan fingerprint density at radius 1 is 1.56 bits per heavy atom. The summed E-state index contributed by atoms with van der Waals surface area (Å²) in [6, 6.07) is -0.000602. The molecule has 1 heterocycles. The van der Waals surface area contributed by atoms with Crippen LogP contribution in [0.5, 0.6) is 0 Å². The van der Waals surface area contributed by atoms with Crippen molar-refractivity contribution in [3.8, 4) is 0 Å². The van der Waals surface area contributed by atoms with Gasteiger partial charge in [0.05, 0.1) is 0 Å². The second-order valence-corrected chi connectivity index (χ2v) is 5.40. The van der Waals surface area contributed by atoms with Crippen LogP contribution in [0.25, 0.3) is 0 Å². The molecule has 1 amide bonds. The minimum Gasteiger partial charge on any atom is -0.444 e. The molecule has 1 N–H and O–H groups in total. The number of rotatable bonds is 4. The maximum absolute atomic E-state index is 11.6. The molecular weight excluding hydrogens is 230 g/mol. The third-order valence-electron chi connectivity index (χ3n) is 2.35. The van der Waals surface area contributed by atoms with Crippen molar-refractivity contribution < 1.29 is 9.53 Å². The highest BCUT2D eigenvalue weighted by Crippen LogP contribution is 2.07. The SMILES string of the molecule is CCc1nccn1C[C@@H](C)NC(=O)OC(C)(C)C. The molecule has 0 aliphatic heterocycles. The van der Waals surface area contributed by atoms with E-state index in [1.54, 1.807) is 6.20 Å². The number of carbonyl (C=O) groups is 1. The van der Waals surface area contributed by atoms with E-state index < -0.39 is 5.60 Å². The molecule has 102 valence electrons. The minimum absolute atomic E-state index is 0.000602. The molecule has 1 atom stereocenters. The lowest BCUT2D eigenvalue weighted by Crippen LogP contribution is -2.39. The Morgan fingerprint density at radius 3 is 2.78 bits per heavy atom. The van der Waals surface area contributed by atoms with Crippen LogP contribution >= 0.6 is 0 Å². The van der Waals surface area contributed by atoms with Crippen LogP contribution in [-0.4, -0.2) is 27.3 Å². The molecule has 0 aliphatic rings. The molecule has 0 fully saturated rings. The second-order valence-electron chi connectivity index (χ2n) is 5.40. The van der Waals surface area contributed by atoms with Crippen LogP contribution in [0.3, 0.4) is 0 Å². The molecule has 0 unspecified atom stereocenters. The first-order valence-corrected chi connectivity index (χ1v) is 6.31. The van der Waals surface area contributed by atoms with Crippen LogP contribution in [0.2, 0.25) is 0 Å². The van der Waals surface area contributed by atoms with Gasteiger partial charge in [0.15, 0.2) is 0 Å². The highest BCUT2D eigenvalue weighted by molar-refractivity contribution is 5.67. The van der Waals surface area contributed by atoms with Crippen molar-refractivity contribution in [3.05, 3.63) is 18.2 Å². The fourth-order valence-electron chi connectivity index (χ4n) is 1.67. The highest BCUT2D eigenvalue weighted by atomic mass is 16.6. The van der Waals surface area contributed by atoms with Crippen LogP contribution in [0.4, 0.5) is 4.79 Å². The normalized spacial score (nSPS) is 13.2. The number of imidazole rings is 1. The van der Waals surface area contributed by atoms with Gasteiger partial charge < -0.3 is 14.6 Å². The molecule has 0 aromatic carbocycles. The first-order valence-electron chi connectivity index (χ1n) is 6.31. The molecule has 5 nitrogen and oxygen atoms in total. The summed E-state index contributed by atoms with van der Waals surface area (Å²) in [5.41, 5.74) is -0.465. The summed E-state index contributed by atoms with van der Waals surface area (Å²) in [5, 5.41) is 2.82. The molecule has 18 heavy (non-hydrogen) atoms. The number of hydrogen-bond acceptors (Lipinski definition) is 3. The molecule has 0 radical (unpaired) electrons. The molecule has 0 aliphatic carbocycles. The van der Waals surface area contributed by atoms with E-state index in [0.29, 0.717) is 6.54 Å². The van der Waals surface area contributed by atoms with Gasteiger partial charge in [0, 0.05) is 31.4 Å². The van der Waals surface area contributed by atoms with Gasteiger partial charge in [-0.15, -0.1) is 0 Å². The average Bonchev–Trinajstić information content (AvgIpc) is 2.61. The van der Waals surface area contributed by atoms with Crippen molar-refractivity contribution in [3.63, 3.8) is 0 Å². The molecule has 1 rings (SSSR count). The van der Waals surface area contributed by atoms with Crippen LogP contribution < -0.4 is 5.32 Å². The van der Waals surface area contributed by atoms with Gasteiger partial charge in [-0.3, -0.25) is 0 Å². The van der Waals surface area contributed by atoms with E-state index in [0.717, 1.165) is 12.2 Å². The van der Waals surface area contributed by atoms with Crippen molar-refractivity contribution in [2.45, 2.75) is 59.2 Å². The van der Waals surface area contributed by atoms with Gasteiger partial charge in [-0.25, -0.2) is 9.78 Å². The fraction of sp³-hybridized carbons (Fsp3) is 0.692. The number of aryl methyl sites for hydroxylation is 1. The van der Waals surface area contributed by atoms with Crippen LogP contribution in [0.1, 0.15) is 40.4 Å². The minimum atomic E-state index is -0.465. The van der Waals surface area contributed by atoms with E-state index in [1.807, 2.05) is 38.5 Å². The van der Waals surface area contributed by atoms with Crippen molar-refractivity contribution >= 4 is 6.09 Å². The predicted molar refractivity (Wildman–Crippen MR) is 70.4 cm³/mol. The standard InChI is InChI=1S/C13H23N3O2/c1-6-11-14-7-8-16(11)9-10(2)15-12(17)18-13(3,4)5/h7-8,10H,6,9H2,1-5H3,(H,15,17)/t10-/m1/s1. The Morgan fingerprint density at radius 2 is 2.22 bits per heavy atom. The third kappa shape index (κ3) is 4.77. The van der Waals surface area contributed by atoms with E-state index in [2.05, 4.69) is 17.2 Å². The van der Waals surface area contributed by atoms with Crippen LogP contribution in [0, 0.1) is 0 Å². The number of carbonyl (C=O) groups excluding carboxylic acids is 1. The monoisotopic (exact) mass is 253 g/mol. The van der Waals surface area contributed by atoms with Gasteiger partial charge >= 0.3 is 6.09 Å². The largest absolute Gasteiger partial charge is 0.444 e. The summed E-state index contributed by atoms with van der Waals surface area (Å²) in [7, 11) is 0. The molecule has 0 saturated heterocycles. The van der Waals surface area contributed by atoms with Gasteiger partial charge in [0.1, 0.15) is 11.4 Å². The van der Waals surface area contributed by atoms with E-state index in [1.165, 1.54) is 0 Å². The quantitative estimate of drug-likeness (QED) is 0.896. The van der Waals surface area contributed by atoms with Crippen molar-refractivity contribution in [1.82, 2.24) is 14.9 Å². The van der Waals surface area contributed by atoms with Gasteiger partial charge in [0.25, 0.3) is 0 Å². The highest BCUT2D eigenvalue weighted by Gasteiger charge is 2.18. The lowest BCUT2D eigenvalue weighted by Gasteiger charge is -2.22. The number of amides is 1. The molecule has 1 aromatic rings. The summed E-state index contributed by atoms with van der Waals surface area (Å²) >= 11 is 0. The number of ether oxygens (including phenoxy) is 1. The summed E-state index contributed by atoms with van der Waals surface area (Å²) in [5.74, 6) is 1.02. The van der Waals surface area contributed by atoms with Crippen LogP contribution in [0.15, 0.2) is 12.4 Å². The number of aromatic nitrogens is 2.